The fraction of sp³-hybridized carbons (Fsp3) is 0.105. The predicted octanol–water partition coefficient (Wildman–Crippen LogP) is 3.02. The highest BCUT2D eigenvalue weighted by atomic mass is 35.5. The van der Waals surface area contributed by atoms with Crippen molar-refractivity contribution in [1.29, 1.82) is 0 Å². The van der Waals surface area contributed by atoms with Crippen molar-refractivity contribution in [3.05, 3.63) is 80.7 Å². The van der Waals surface area contributed by atoms with E-state index in [1.54, 1.807) is 12.1 Å². The molecule has 2 aromatic carbocycles. The van der Waals surface area contributed by atoms with Gasteiger partial charge in [0.2, 0.25) is 0 Å². The zero-order chi connectivity index (χ0) is 21.9. The Morgan fingerprint density at radius 2 is 1.70 bits per heavy atom. The molecule has 0 saturated carbocycles. The third-order valence-corrected chi connectivity index (χ3v) is 5.96. The first-order valence-electron chi connectivity index (χ1n) is 8.35. The number of nitrogens with zero attached hydrogens (tertiary/aromatic N) is 2. The number of carbonyl (C=O) groups is 1. The van der Waals surface area contributed by atoms with E-state index in [9.17, 15) is 18.0 Å². The fourth-order valence-electron chi connectivity index (χ4n) is 2.43. The lowest BCUT2D eigenvalue weighted by molar-refractivity contribution is -0.139. The van der Waals surface area contributed by atoms with Crippen LogP contribution in [0.1, 0.15) is 5.56 Å². The molecule has 30 heavy (non-hydrogen) atoms. The third-order valence-electron chi connectivity index (χ3n) is 3.95. The van der Waals surface area contributed by atoms with E-state index < -0.39 is 21.6 Å². The van der Waals surface area contributed by atoms with Crippen molar-refractivity contribution in [2.45, 2.75) is 11.3 Å². The molecule has 3 aromatic rings. The van der Waals surface area contributed by atoms with Crippen molar-refractivity contribution in [2.24, 2.45) is 0 Å². The Bertz CT molecular complexity index is 1240. The van der Waals surface area contributed by atoms with Gasteiger partial charge in [-0.25, -0.2) is 0 Å². The van der Waals surface area contributed by atoms with Crippen LogP contribution in [0.25, 0.3) is 5.69 Å². The van der Waals surface area contributed by atoms with Crippen LogP contribution < -0.4 is 9.74 Å². The first kappa shape index (κ1) is 21.8. The smallest absolute Gasteiger partial charge is 0.339 e. The molecule has 0 N–H and O–H groups in total. The predicted molar refractivity (Wildman–Crippen MR) is 110 cm³/mol. The summed E-state index contributed by atoms with van der Waals surface area (Å²) in [6.07, 6.45) is 1.27. The molecule has 1 heterocycles. The zero-order valence-electron chi connectivity index (χ0n) is 15.4. The van der Waals surface area contributed by atoms with Gasteiger partial charge >= 0.3 is 16.1 Å². The Kier molecular flexibility index (Phi) is 6.45. The molecule has 0 amide bonds. The highest BCUT2D eigenvalue weighted by Gasteiger charge is 2.18. The summed E-state index contributed by atoms with van der Waals surface area (Å²) in [5, 5.41) is 3.70. The maximum Gasteiger partial charge on any atom is 0.339 e. The molecule has 1 aromatic heterocycles. The average Bonchev–Trinajstić information content (AvgIpc) is 2.73. The normalized spacial score (nSPS) is 11.2. The van der Waals surface area contributed by atoms with Crippen LogP contribution in [-0.4, -0.2) is 31.3 Å². The zero-order valence-corrected chi connectivity index (χ0v) is 17.7. The Morgan fingerprint density at radius 1 is 1.07 bits per heavy atom. The average molecular weight is 469 g/mol. The summed E-state index contributed by atoms with van der Waals surface area (Å²) >= 11 is 11.6. The molecule has 0 fully saturated rings. The number of aromatic nitrogens is 2. The quantitative estimate of drug-likeness (QED) is 0.404. The molecule has 0 atom stereocenters. The number of halogens is 2. The first-order valence-corrected chi connectivity index (χ1v) is 10.5. The number of esters is 1. The molecule has 0 radical (unpaired) electrons. The molecule has 0 spiro atoms. The summed E-state index contributed by atoms with van der Waals surface area (Å²) in [5.41, 5.74) is 0.309. The number of ether oxygens (including phenoxy) is 1. The monoisotopic (exact) mass is 468 g/mol. The van der Waals surface area contributed by atoms with Gasteiger partial charge in [-0.3, -0.25) is 9.59 Å². The van der Waals surface area contributed by atoms with Crippen LogP contribution in [0.5, 0.6) is 5.75 Å². The van der Waals surface area contributed by atoms with Gasteiger partial charge in [0.1, 0.15) is 15.7 Å². The second-order valence-electron chi connectivity index (χ2n) is 5.95. The number of benzene rings is 2. The molecule has 0 aliphatic carbocycles. The SMILES string of the molecule is COC(=O)Cc1ccc(OS(=O)(=O)c2ccc(-n3ncc(Cl)c(Cl)c3=O)cc2)cc1. The van der Waals surface area contributed by atoms with Crippen LogP contribution in [0.4, 0.5) is 0 Å². The van der Waals surface area contributed by atoms with E-state index in [1.165, 1.54) is 49.7 Å². The summed E-state index contributed by atoms with van der Waals surface area (Å²) < 4.78 is 35.7. The molecule has 0 aliphatic heterocycles. The van der Waals surface area contributed by atoms with Crippen molar-refractivity contribution in [1.82, 2.24) is 9.78 Å². The van der Waals surface area contributed by atoms with Crippen LogP contribution in [0.3, 0.4) is 0 Å². The summed E-state index contributed by atoms with van der Waals surface area (Å²) in [4.78, 5) is 23.3. The number of rotatable bonds is 6. The van der Waals surface area contributed by atoms with Gasteiger partial charge in [0.05, 0.1) is 30.4 Å². The molecule has 0 unspecified atom stereocenters. The Hall–Kier alpha value is -2.88. The van der Waals surface area contributed by atoms with Crippen LogP contribution in [-0.2, 0) is 26.1 Å². The lowest BCUT2D eigenvalue weighted by Crippen LogP contribution is -2.21. The minimum absolute atomic E-state index is 0.0168. The number of methoxy groups -OCH3 is 1. The maximum absolute atomic E-state index is 12.5. The number of hydrogen-bond donors (Lipinski definition) is 0. The maximum atomic E-state index is 12.5. The van der Waals surface area contributed by atoms with Gasteiger partial charge in [-0.15, -0.1) is 0 Å². The van der Waals surface area contributed by atoms with Gasteiger partial charge in [-0.2, -0.15) is 18.2 Å². The Morgan fingerprint density at radius 3 is 2.30 bits per heavy atom. The van der Waals surface area contributed by atoms with E-state index in [4.69, 9.17) is 27.4 Å². The minimum Gasteiger partial charge on any atom is -0.469 e. The molecule has 11 heteroatoms. The van der Waals surface area contributed by atoms with Gasteiger partial charge in [0.15, 0.2) is 0 Å². The van der Waals surface area contributed by atoms with Crippen LogP contribution in [0.2, 0.25) is 10.0 Å². The van der Waals surface area contributed by atoms with E-state index in [0.717, 1.165) is 4.68 Å². The molecular formula is C19H14Cl2N2O6S. The molecule has 3 rings (SSSR count). The summed E-state index contributed by atoms with van der Waals surface area (Å²) in [6.45, 7) is 0. The fourth-order valence-corrected chi connectivity index (χ4v) is 3.61. The Balaban J connectivity index is 1.79. The highest BCUT2D eigenvalue weighted by Crippen LogP contribution is 2.21. The van der Waals surface area contributed by atoms with Gasteiger partial charge < -0.3 is 8.92 Å². The number of hydrogen-bond acceptors (Lipinski definition) is 7. The molecular weight excluding hydrogens is 455 g/mol. The van der Waals surface area contributed by atoms with E-state index >= 15 is 0 Å². The largest absolute Gasteiger partial charge is 0.469 e. The van der Waals surface area contributed by atoms with Crippen molar-refractivity contribution in [3.8, 4) is 11.4 Å². The van der Waals surface area contributed by atoms with E-state index in [0.29, 0.717) is 11.3 Å². The lowest BCUT2D eigenvalue weighted by Gasteiger charge is -2.09. The van der Waals surface area contributed by atoms with Crippen LogP contribution in [0, 0.1) is 0 Å². The topological polar surface area (TPSA) is 105 Å². The van der Waals surface area contributed by atoms with Crippen molar-refractivity contribution in [2.75, 3.05) is 7.11 Å². The second-order valence-corrected chi connectivity index (χ2v) is 8.28. The Labute approximate surface area is 181 Å². The number of carbonyl (C=O) groups excluding carboxylic acids is 1. The van der Waals surface area contributed by atoms with Gasteiger partial charge in [0, 0.05) is 0 Å². The standard InChI is InChI=1S/C19H14Cl2N2O6S/c1-28-17(24)10-12-2-6-14(7-3-12)29-30(26,27)15-8-4-13(5-9-15)23-19(25)18(21)16(20)11-22-23/h2-9,11H,10H2,1H3. The second kappa shape index (κ2) is 8.86. The molecule has 0 aliphatic rings. The molecule has 156 valence electrons. The van der Waals surface area contributed by atoms with Gasteiger partial charge in [-0.1, -0.05) is 35.3 Å². The highest BCUT2D eigenvalue weighted by molar-refractivity contribution is 7.87. The van der Waals surface area contributed by atoms with Gasteiger partial charge in [0.25, 0.3) is 5.56 Å². The van der Waals surface area contributed by atoms with E-state index in [2.05, 4.69) is 9.84 Å². The van der Waals surface area contributed by atoms with Crippen LogP contribution in [0.15, 0.2) is 64.4 Å². The summed E-state index contributed by atoms with van der Waals surface area (Å²) in [6, 6.07) is 11.3. The molecule has 8 nitrogen and oxygen atoms in total. The minimum atomic E-state index is -4.12. The van der Waals surface area contributed by atoms with Crippen molar-refractivity contribution < 1.29 is 22.1 Å². The summed E-state index contributed by atoms with van der Waals surface area (Å²) in [7, 11) is -2.84. The van der Waals surface area contributed by atoms with E-state index in [1.807, 2.05) is 0 Å². The van der Waals surface area contributed by atoms with Gasteiger partial charge in [-0.05, 0) is 42.0 Å². The van der Waals surface area contributed by atoms with Crippen molar-refractivity contribution in [3.63, 3.8) is 0 Å². The molecule has 0 bridgehead atoms. The molecule has 0 saturated heterocycles. The first-order chi connectivity index (χ1) is 14.2. The summed E-state index contributed by atoms with van der Waals surface area (Å²) in [5.74, 6) is -0.331. The third kappa shape index (κ3) is 4.81. The van der Waals surface area contributed by atoms with Crippen LogP contribution >= 0.6 is 23.2 Å². The van der Waals surface area contributed by atoms with Crippen molar-refractivity contribution >= 4 is 39.3 Å². The lowest BCUT2D eigenvalue weighted by atomic mass is 10.1. The van der Waals surface area contributed by atoms with E-state index in [-0.39, 0.29) is 27.1 Å².